The molecular formula is C10H5ClF3NO. The summed E-state index contributed by atoms with van der Waals surface area (Å²) in [5.41, 5.74) is -1.22. The van der Waals surface area contributed by atoms with Crippen LogP contribution in [0.3, 0.4) is 0 Å². The number of carbonyl (C=O) groups excluding carboxylic acids is 1. The average molecular weight is 248 g/mol. The minimum Gasteiger partial charge on any atom is -0.352 e. The van der Waals surface area contributed by atoms with Gasteiger partial charge in [0.05, 0.1) is 11.3 Å². The van der Waals surface area contributed by atoms with E-state index in [1.54, 1.807) is 0 Å². The molecule has 0 fully saturated rings. The Morgan fingerprint density at radius 3 is 2.56 bits per heavy atom. The molecule has 16 heavy (non-hydrogen) atoms. The van der Waals surface area contributed by atoms with Crippen molar-refractivity contribution in [1.29, 1.82) is 0 Å². The second-order valence-electron chi connectivity index (χ2n) is 3.22. The van der Waals surface area contributed by atoms with E-state index in [0.29, 0.717) is 0 Å². The Kier molecular flexibility index (Phi) is 2.42. The lowest BCUT2D eigenvalue weighted by molar-refractivity contribution is -0.136. The second-order valence-corrected chi connectivity index (χ2v) is 3.66. The third-order valence-electron chi connectivity index (χ3n) is 2.19. The number of carbonyl (C=O) groups is 1. The molecule has 0 aliphatic rings. The molecule has 0 amide bonds. The topological polar surface area (TPSA) is 32.9 Å². The first-order valence-corrected chi connectivity index (χ1v) is 4.65. The maximum atomic E-state index is 12.7. The third-order valence-corrected chi connectivity index (χ3v) is 2.43. The van der Waals surface area contributed by atoms with Gasteiger partial charge >= 0.3 is 6.18 Å². The van der Waals surface area contributed by atoms with Crippen LogP contribution in [-0.2, 0) is 6.18 Å². The minimum absolute atomic E-state index is 0.0953. The Morgan fingerprint density at radius 1 is 1.31 bits per heavy atom. The van der Waals surface area contributed by atoms with Crippen LogP contribution in [0.15, 0.2) is 18.2 Å². The van der Waals surface area contributed by atoms with Gasteiger partial charge in [0.15, 0.2) is 6.29 Å². The number of benzene rings is 1. The SMILES string of the molecule is O=Cc1[nH]c2ccc(Cl)cc2c1C(F)(F)F. The summed E-state index contributed by atoms with van der Waals surface area (Å²) in [5, 5.41) is 0.0940. The molecule has 1 aromatic carbocycles. The lowest BCUT2D eigenvalue weighted by Crippen LogP contribution is -2.07. The van der Waals surface area contributed by atoms with Gasteiger partial charge in [0, 0.05) is 15.9 Å². The first-order chi connectivity index (χ1) is 7.43. The fraction of sp³-hybridized carbons (Fsp3) is 0.100. The highest BCUT2D eigenvalue weighted by Gasteiger charge is 2.37. The summed E-state index contributed by atoms with van der Waals surface area (Å²) < 4.78 is 38.1. The average Bonchev–Trinajstić information content (AvgIpc) is 2.54. The number of aromatic amines is 1. The zero-order chi connectivity index (χ0) is 11.9. The molecule has 2 rings (SSSR count). The molecule has 6 heteroatoms. The van der Waals surface area contributed by atoms with Crippen LogP contribution in [0.1, 0.15) is 16.1 Å². The number of aldehydes is 1. The van der Waals surface area contributed by atoms with Crippen molar-refractivity contribution in [1.82, 2.24) is 4.98 Å². The summed E-state index contributed by atoms with van der Waals surface area (Å²) in [6.45, 7) is 0. The van der Waals surface area contributed by atoms with Crippen molar-refractivity contribution in [2.24, 2.45) is 0 Å². The van der Waals surface area contributed by atoms with Crippen LogP contribution in [0.25, 0.3) is 10.9 Å². The van der Waals surface area contributed by atoms with Gasteiger partial charge in [0.1, 0.15) is 0 Å². The van der Waals surface area contributed by atoms with Crippen molar-refractivity contribution in [3.05, 3.63) is 34.5 Å². The molecule has 0 saturated carbocycles. The smallest absolute Gasteiger partial charge is 0.352 e. The Labute approximate surface area is 93.0 Å². The monoisotopic (exact) mass is 247 g/mol. The van der Waals surface area contributed by atoms with Gasteiger partial charge in [-0.25, -0.2) is 0 Å². The number of hydrogen-bond donors (Lipinski definition) is 1. The lowest BCUT2D eigenvalue weighted by Gasteiger charge is -2.05. The molecule has 0 atom stereocenters. The van der Waals surface area contributed by atoms with Crippen molar-refractivity contribution in [2.45, 2.75) is 6.18 Å². The molecule has 0 aliphatic heterocycles. The number of rotatable bonds is 1. The van der Waals surface area contributed by atoms with Crippen LogP contribution in [-0.4, -0.2) is 11.3 Å². The van der Waals surface area contributed by atoms with E-state index in [-0.39, 0.29) is 22.2 Å². The Bertz CT molecular complexity index is 559. The van der Waals surface area contributed by atoms with Crippen molar-refractivity contribution in [3.8, 4) is 0 Å². The molecule has 0 aliphatic carbocycles. The van der Waals surface area contributed by atoms with Crippen molar-refractivity contribution >= 4 is 28.8 Å². The number of alkyl halides is 3. The van der Waals surface area contributed by atoms with E-state index in [9.17, 15) is 18.0 Å². The fourth-order valence-corrected chi connectivity index (χ4v) is 1.75. The fourth-order valence-electron chi connectivity index (χ4n) is 1.58. The van der Waals surface area contributed by atoms with E-state index in [0.717, 1.165) is 0 Å². The van der Waals surface area contributed by atoms with E-state index >= 15 is 0 Å². The number of hydrogen-bond acceptors (Lipinski definition) is 1. The number of H-pyrrole nitrogens is 1. The predicted molar refractivity (Wildman–Crippen MR) is 53.7 cm³/mol. The van der Waals surface area contributed by atoms with Gasteiger partial charge in [-0.1, -0.05) is 11.6 Å². The minimum atomic E-state index is -4.58. The molecule has 0 saturated heterocycles. The summed E-state index contributed by atoms with van der Waals surface area (Å²) in [4.78, 5) is 13.0. The van der Waals surface area contributed by atoms with E-state index in [1.807, 2.05) is 0 Å². The number of aromatic nitrogens is 1. The molecule has 1 N–H and O–H groups in total. The molecule has 0 radical (unpaired) electrons. The third kappa shape index (κ3) is 1.67. The van der Waals surface area contributed by atoms with Gasteiger partial charge in [0.25, 0.3) is 0 Å². The normalized spacial score (nSPS) is 12.0. The highest BCUT2D eigenvalue weighted by molar-refractivity contribution is 6.31. The van der Waals surface area contributed by atoms with Crippen LogP contribution in [0.2, 0.25) is 5.02 Å². The maximum absolute atomic E-state index is 12.7. The molecule has 1 heterocycles. The number of fused-ring (bicyclic) bond motifs is 1. The highest BCUT2D eigenvalue weighted by Crippen LogP contribution is 2.37. The molecule has 84 valence electrons. The van der Waals surface area contributed by atoms with Crippen LogP contribution >= 0.6 is 11.6 Å². The Hall–Kier alpha value is -1.49. The summed E-state index contributed by atoms with van der Waals surface area (Å²) in [6, 6.07) is 4.04. The molecule has 0 spiro atoms. The van der Waals surface area contributed by atoms with E-state index in [2.05, 4.69) is 4.98 Å². The van der Waals surface area contributed by atoms with Gasteiger partial charge < -0.3 is 4.98 Å². The predicted octanol–water partition coefficient (Wildman–Crippen LogP) is 3.65. The van der Waals surface area contributed by atoms with Crippen LogP contribution in [0.5, 0.6) is 0 Å². The molecule has 1 aromatic heterocycles. The quantitative estimate of drug-likeness (QED) is 0.767. The zero-order valence-electron chi connectivity index (χ0n) is 7.73. The van der Waals surface area contributed by atoms with Crippen LogP contribution in [0.4, 0.5) is 13.2 Å². The van der Waals surface area contributed by atoms with Gasteiger partial charge in [-0.2, -0.15) is 13.2 Å². The first-order valence-electron chi connectivity index (χ1n) is 4.27. The molecule has 2 nitrogen and oxygen atoms in total. The van der Waals surface area contributed by atoms with E-state index in [1.165, 1.54) is 18.2 Å². The first kappa shape index (κ1) is 11.0. The molecule has 0 bridgehead atoms. The summed E-state index contributed by atoms with van der Waals surface area (Å²) >= 11 is 5.62. The molecular weight excluding hydrogens is 243 g/mol. The largest absolute Gasteiger partial charge is 0.419 e. The highest BCUT2D eigenvalue weighted by atomic mass is 35.5. The lowest BCUT2D eigenvalue weighted by atomic mass is 10.1. The van der Waals surface area contributed by atoms with Crippen molar-refractivity contribution < 1.29 is 18.0 Å². The second kappa shape index (κ2) is 3.52. The maximum Gasteiger partial charge on any atom is 0.419 e. The van der Waals surface area contributed by atoms with E-state index < -0.39 is 17.4 Å². The summed E-state index contributed by atoms with van der Waals surface area (Å²) in [7, 11) is 0. The summed E-state index contributed by atoms with van der Waals surface area (Å²) in [5.74, 6) is 0. The van der Waals surface area contributed by atoms with Gasteiger partial charge in [-0.05, 0) is 18.2 Å². The Balaban J connectivity index is 2.86. The Morgan fingerprint density at radius 2 is 2.00 bits per heavy atom. The number of nitrogens with one attached hydrogen (secondary N) is 1. The molecule has 0 unspecified atom stereocenters. The zero-order valence-corrected chi connectivity index (χ0v) is 8.49. The standard InChI is InChI=1S/C10H5ClF3NO/c11-5-1-2-7-6(3-5)9(10(12,13)14)8(4-16)15-7/h1-4,15H. The summed E-state index contributed by atoms with van der Waals surface area (Å²) in [6.07, 6.45) is -4.43. The van der Waals surface area contributed by atoms with Crippen molar-refractivity contribution in [2.75, 3.05) is 0 Å². The van der Waals surface area contributed by atoms with Gasteiger partial charge in [-0.3, -0.25) is 4.79 Å². The van der Waals surface area contributed by atoms with Crippen molar-refractivity contribution in [3.63, 3.8) is 0 Å². The van der Waals surface area contributed by atoms with E-state index in [4.69, 9.17) is 11.6 Å². The molecule has 2 aromatic rings. The number of halogens is 4. The van der Waals surface area contributed by atoms with Gasteiger partial charge in [-0.15, -0.1) is 0 Å². The van der Waals surface area contributed by atoms with Crippen LogP contribution < -0.4 is 0 Å². The van der Waals surface area contributed by atoms with Gasteiger partial charge in [0.2, 0.25) is 0 Å². The van der Waals surface area contributed by atoms with Crippen LogP contribution in [0, 0.1) is 0 Å².